The number of aromatic hydroxyl groups is 1. The van der Waals surface area contributed by atoms with Crippen LogP contribution in [0.2, 0.25) is 0 Å². The predicted octanol–water partition coefficient (Wildman–Crippen LogP) is 2.41. The van der Waals surface area contributed by atoms with Gasteiger partial charge in [0.25, 0.3) is 5.91 Å². The number of fused-ring (bicyclic) bond motifs is 1. The Bertz CT molecular complexity index is 646. The Morgan fingerprint density at radius 2 is 2.15 bits per heavy atom. The quantitative estimate of drug-likeness (QED) is 0.911. The molecule has 1 aliphatic heterocycles. The van der Waals surface area contributed by atoms with Crippen molar-refractivity contribution in [1.29, 1.82) is 0 Å². The number of phenols is 1. The SMILES string of the molecule is CCn1cccc1C(=O)N1CCc2ccc(O)cc2C1. The van der Waals surface area contributed by atoms with Crippen LogP contribution in [-0.4, -0.2) is 27.0 Å². The highest BCUT2D eigenvalue weighted by molar-refractivity contribution is 5.93. The Balaban J connectivity index is 1.85. The molecule has 1 aromatic carbocycles. The fourth-order valence-electron chi connectivity index (χ4n) is 2.76. The summed E-state index contributed by atoms with van der Waals surface area (Å²) in [7, 11) is 0. The second-order valence-electron chi connectivity index (χ2n) is 5.11. The van der Waals surface area contributed by atoms with E-state index in [0.717, 1.165) is 30.8 Å². The second-order valence-corrected chi connectivity index (χ2v) is 5.11. The lowest BCUT2D eigenvalue weighted by molar-refractivity contribution is 0.0723. The third-order valence-corrected chi connectivity index (χ3v) is 3.88. The zero-order valence-electron chi connectivity index (χ0n) is 11.5. The molecule has 2 aromatic rings. The first kappa shape index (κ1) is 12.8. The van der Waals surface area contributed by atoms with E-state index in [4.69, 9.17) is 0 Å². The maximum Gasteiger partial charge on any atom is 0.270 e. The fraction of sp³-hybridized carbons (Fsp3) is 0.312. The largest absolute Gasteiger partial charge is 0.508 e. The smallest absolute Gasteiger partial charge is 0.270 e. The summed E-state index contributed by atoms with van der Waals surface area (Å²) in [5.41, 5.74) is 2.99. The number of nitrogens with zero attached hydrogens (tertiary/aromatic N) is 2. The summed E-state index contributed by atoms with van der Waals surface area (Å²) in [5, 5.41) is 9.57. The number of hydrogen-bond acceptors (Lipinski definition) is 2. The van der Waals surface area contributed by atoms with E-state index in [9.17, 15) is 9.90 Å². The molecule has 2 heterocycles. The van der Waals surface area contributed by atoms with Gasteiger partial charge >= 0.3 is 0 Å². The lowest BCUT2D eigenvalue weighted by Crippen LogP contribution is -2.36. The van der Waals surface area contributed by atoms with E-state index >= 15 is 0 Å². The third-order valence-electron chi connectivity index (χ3n) is 3.88. The Morgan fingerprint density at radius 3 is 2.95 bits per heavy atom. The molecule has 0 saturated heterocycles. The number of aryl methyl sites for hydroxylation is 1. The number of rotatable bonds is 2. The van der Waals surface area contributed by atoms with Crippen molar-refractivity contribution in [2.45, 2.75) is 26.4 Å². The highest BCUT2D eigenvalue weighted by Crippen LogP contribution is 2.24. The maximum absolute atomic E-state index is 12.6. The number of hydrogen-bond donors (Lipinski definition) is 1. The molecule has 0 bridgehead atoms. The van der Waals surface area contributed by atoms with Gasteiger partial charge in [-0.05, 0) is 48.7 Å². The fourth-order valence-corrected chi connectivity index (χ4v) is 2.76. The van der Waals surface area contributed by atoms with E-state index in [1.165, 1.54) is 5.56 Å². The molecule has 0 saturated carbocycles. The first-order valence-electron chi connectivity index (χ1n) is 6.94. The summed E-state index contributed by atoms with van der Waals surface area (Å²) < 4.78 is 1.96. The molecule has 4 heteroatoms. The van der Waals surface area contributed by atoms with Crippen LogP contribution in [0.1, 0.15) is 28.5 Å². The molecule has 0 fully saturated rings. The van der Waals surface area contributed by atoms with Gasteiger partial charge in [0.05, 0.1) is 0 Å². The molecule has 1 N–H and O–H groups in total. The van der Waals surface area contributed by atoms with E-state index < -0.39 is 0 Å². The molecule has 20 heavy (non-hydrogen) atoms. The Labute approximate surface area is 118 Å². The first-order chi connectivity index (χ1) is 9.69. The molecule has 1 aromatic heterocycles. The van der Waals surface area contributed by atoms with Crippen LogP contribution in [0.4, 0.5) is 0 Å². The lowest BCUT2D eigenvalue weighted by atomic mass is 9.99. The number of aromatic nitrogens is 1. The summed E-state index contributed by atoms with van der Waals surface area (Å²) in [6.45, 7) is 4.11. The van der Waals surface area contributed by atoms with Crippen LogP contribution < -0.4 is 0 Å². The molecule has 0 spiro atoms. The van der Waals surface area contributed by atoms with Crippen molar-refractivity contribution in [2.75, 3.05) is 6.54 Å². The number of carbonyl (C=O) groups is 1. The predicted molar refractivity (Wildman–Crippen MR) is 76.7 cm³/mol. The van der Waals surface area contributed by atoms with E-state index in [0.29, 0.717) is 6.54 Å². The van der Waals surface area contributed by atoms with Crippen LogP contribution in [0.15, 0.2) is 36.5 Å². The zero-order valence-corrected chi connectivity index (χ0v) is 11.5. The number of amides is 1. The van der Waals surface area contributed by atoms with Gasteiger partial charge in [-0.25, -0.2) is 0 Å². The molecule has 0 unspecified atom stereocenters. The Hall–Kier alpha value is -2.23. The minimum Gasteiger partial charge on any atom is -0.508 e. The topological polar surface area (TPSA) is 45.5 Å². The van der Waals surface area contributed by atoms with Gasteiger partial charge in [-0.3, -0.25) is 4.79 Å². The summed E-state index contributed by atoms with van der Waals surface area (Å²) in [5.74, 6) is 0.320. The van der Waals surface area contributed by atoms with E-state index in [-0.39, 0.29) is 11.7 Å². The minimum atomic E-state index is 0.0610. The summed E-state index contributed by atoms with van der Waals surface area (Å²) in [6, 6.07) is 9.18. The maximum atomic E-state index is 12.6. The highest BCUT2D eigenvalue weighted by atomic mass is 16.3. The summed E-state index contributed by atoms with van der Waals surface area (Å²) in [4.78, 5) is 14.4. The summed E-state index contributed by atoms with van der Waals surface area (Å²) >= 11 is 0. The third kappa shape index (κ3) is 2.18. The van der Waals surface area contributed by atoms with Crippen LogP contribution in [0.3, 0.4) is 0 Å². The van der Waals surface area contributed by atoms with Crippen LogP contribution in [-0.2, 0) is 19.5 Å². The van der Waals surface area contributed by atoms with Gasteiger partial charge < -0.3 is 14.6 Å². The van der Waals surface area contributed by atoms with Crippen molar-refractivity contribution in [3.63, 3.8) is 0 Å². The molecular weight excluding hydrogens is 252 g/mol. The van der Waals surface area contributed by atoms with Gasteiger partial charge in [0.15, 0.2) is 0 Å². The molecule has 0 radical (unpaired) electrons. The molecule has 4 nitrogen and oxygen atoms in total. The number of benzene rings is 1. The standard InChI is InChI=1S/C16H18N2O2/c1-2-17-8-3-4-15(17)16(20)18-9-7-12-5-6-14(19)10-13(12)11-18/h3-6,8,10,19H,2,7,9,11H2,1H3. The number of phenolic OH excluding ortho intramolecular Hbond substituents is 1. The van der Waals surface area contributed by atoms with E-state index in [1.807, 2.05) is 40.8 Å². The average Bonchev–Trinajstić information content (AvgIpc) is 2.94. The van der Waals surface area contributed by atoms with Crippen molar-refractivity contribution in [1.82, 2.24) is 9.47 Å². The van der Waals surface area contributed by atoms with Crippen molar-refractivity contribution in [3.8, 4) is 5.75 Å². The van der Waals surface area contributed by atoms with Gasteiger partial charge in [0.2, 0.25) is 0 Å². The second kappa shape index (κ2) is 5.04. The first-order valence-corrected chi connectivity index (χ1v) is 6.94. The summed E-state index contributed by atoms with van der Waals surface area (Å²) in [6.07, 6.45) is 2.77. The van der Waals surface area contributed by atoms with Crippen molar-refractivity contribution >= 4 is 5.91 Å². The zero-order chi connectivity index (χ0) is 14.1. The van der Waals surface area contributed by atoms with Gasteiger partial charge in [-0.15, -0.1) is 0 Å². The van der Waals surface area contributed by atoms with E-state index in [2.05, 4.69) is 0 Å². The van der Waals surface area contributed by atoms with Crippen molar-refractivity contribution in [3.05, 3.63) is 53.3 Å². The van der Waals surface area contributed by atoms with Gasteiger partial charge in [-0.1, -0.05) is 6.07 Å². The minimum absolute atomic E-state index is 0.0610. The van der Waals surface area contributed by atoms with Gasteiger partial charge in [0.1, 0.15) is 11.4 Å². The van der Waals surface area contributed by atoms with Gasteiger partial charge in [-0.2, -0.15) is 0 Å². The average molecular weight is 270 g/mol. The number of carbonyl (C=O) groups excluding carboxylic acids is 1. The normalized spacial score (nSPS) is 14.2. The van der Waals surface area contributed by atoms with Gasteiger partial charge in [0, 0.05) is 25.8 Å². The lowest BCUT2D eigenvalue weighted by Gasteiger charge is -2.29. The molecule has 0 atom stereocenters. The molecule has 3 rings (SSSR count). The molecule has 1 aliphatic rings. The molecule has 0 aliphatic carbocycles. The van der Waals surface area contributed by atoms with Crippen LogP contribution in [0, 0.1) is 0 Å². The molecule has 1 amide bonds. The Morgan fingerprint density at radius 1 is 1.30 bits per heavy atom. The molecular formula is C16H18N2O2. The van der Waals surface area contributed by atoms with Crippen molar-refractivity contribution in [2.24, 2.45) is 0 Å². The Kier molecular flexibility index (Phi) is 3.22. The highest BCUT2D eigenvalue weighted by Gasteiger charge is 2.23. The van der Waals surface area contributed by atoms with E-state index in [1.54, 1.807) is 12.1 Å². The van der Waals surface area contributed by atoms with Crippen LogP contribution >= 0.6 is 0 Å². The van der Waals surface area contributed by atoms with Crippen molar-refractivity contribution < 1.29 is 9.90 Å². The van der Waals surface area contributed by atoms with Crippen LogP contribution in [0.25, 0.3) is 0 Å². The molecule has 104 valence electrons. The monoisotopic (exact) mass is 270 g/mol. The van der Waals surface area contributed by atoms with Crippen LogP contribution in [0.5, 0.6) is 5.75 Å².